The summed E-state index contributed by atoms with van der Waals surface area (Å²) in [5.41, 5.74) is 13.0. The van der Waals surface area contributed by atoms with Crippen LogP contribution in [0.15, 0.2) is 55.0 Å². The van der Waals surface area contributed by atoms with Crippen LogP contribution in [0.25, 0.3) is 0 Å². The van der Waals surface area contributed by atoms with Gasteiger partial charge in [0.1, 0.15) is 0 Å². The van der Waals surface area contributed by atoms with Crippen molar-refractivity contribution in [2.24, 2.45) is 0 Å². The first kappa shape index (κ1) is 25.9. The van der Waals surface area contributed by atoms with Crippen LogP contribution < -0.4 is 5.73 Å². The van der Waals surface area contributed by atoms with E-state index >= 15 is 0 Å². The van der Waals surface area contributed by atoms with E-state index in [1.54, 1.807) is 6.33 Å². The maximum Gasteiger partial charge on any atom is 0.0921 e. The number of imidazole rings is 1. The maximum absolute atomic E-state index is 10.2. The molecule has 3 unspecified atom stereocenters. The first-order chi connectivity index (χ1) is 14.5. The van der Waals surface area contributed by atoms with Crippen molar-refractivity contribution in [3.63, 3.8) is 0 Å². The third-order valence-corrected chi connectivity index (χ3v) is 6.70. The minimum Gasteiger partial charge on any atom is -0.772 e. The van der Waals surface area contributed by atoms with E-state index in [1.807, 2.05) is 24.8 Å². The molecule has 1 fully saturated rings. The minimum absolute atomic E-state index is 0. The molecule has 2 aromatic carbocycles. The average Bonchev–Trinajstić information content (AvgIpc) is 3.45. The molecule has 3 atom stereocenters. The van der Waals surface area contributed by atoms with Crippen molar-refractivity contribution >= 4 is 16.8 Å². The first-order valence-corrected chi connectivity index (χ1v) is 11.4. The van der Waals surface area contributed by atoms with Crippen LogP contribution in [0.4, 0.5) is 5.69 Å². The number of benzene rings is 2. The monoisotopic (exact) mass is 661 g/mol. The van der Waals surface area contributed by atoms with Crippen molar-refractivity contribution in [1.29, 1.82) is 0 Å². The Morgan fingerprint density at radius 1 is 1.26 bits per heavy atom. The molecule has 0 saturated heterocycles. The molecule has 0 bridgehead atoms. The van der Waals surface area contributed by atoms with E-state index in [4.69, 9.17) is 5.73 Å². The second-order valence-electron chi connectivity index (χ2n) is 7.78. The molecular formula is C24H29N3O2SU-2. The van der Waals surface area contributed by atoms with Gasteiger partial charge >= 0.3 is 0 Å². The minimum atomic E-state index is -1.82. The quantitative estimate of drug-likeness (QED) is 0.238. The first-order valence-electron chi connectivity index (χ1n) is 10.2. The zero-order valence-electron chi connectivity index (χ0n) is 18.0. The van der Waals surface area contributed by atoms with Crippen LogP contribution in [-0.2, 0) is 17.5 Å². The maximum atomic E-state index is 10.2. The summed E-state index contributed by atoms with van der Waals surface area (Å²) in [6.45, 7) is 4.35. The van der Waals surface area contributed by atoms with Crippen LogP contribution in [0.3, 0.4) is 0 Å². The van der Waals surface area contributed by atoms with Gasteiger partial charge in [0.2, 0.25) is 0 Å². The number of aryl methyl sites for hydroxylation is 1. The second-order valence-corrected chi connectivity index (χ2v) is 8.97. The van der Waals surface area contributed by atoms with Gasteiger partial charge in [-0.3, -0.25) is 4.21 Å². The topological polar surface area (TPSA) is 94.8 Å². The fourth-order valence-corrected chi connectivity index (χ4v) is 4.41. The zero-order valence-corrected chi connectivity index (χ0v) is 23.0. The van der Waals surface area contributed by atoms with Crippen LogP contribution in [0.2, 0.25) is 0 Å². The molecule has 1 aliphatic rings. The van der Waals surface area contributed by atoms with Gasteiger partial charge in [0.25, 0.3) is 0 Å². The number of nitrogens with two attached hydrogens (primary N) is 1. The summed E-state index contributed by atoms with van der Waals surface area (Å²) in [6.07, 6.45) is 9.18. The molecule has 1 saturated carbocycles. The van der Waals surface area contributed by atoms with Gasteiger partial charge in [0, 0.05) is 54.6 Å². The molecule has 1 aromatic heterocycles. The molecule has 4 rings (SSSR count). The smallest absolute Gasteiger partial charge is 0.0921 e. The SMILES string of the molecule is Cc1cccc(C(Cc2ccc(N)cc2)c2cnc[nH]2)c1C.O=S([O-])C1C[CH-]CC1.[U]. The molecule has 164 valence electrons. The van der Waals surface area contributed by atoms with Crippen molar-refractivity contribution in [2.45, 2.75) is 50.7 Å². The van der Waals surface area contributed by atoms with Crippen molar-refractivity contribution in [3.8, 4) is 0 Å². The Morgan fingerprint density at radius 2 is 2.00 bits per heavy atom. The Bertz CT molecular complexity index is 955. The third-order valence-electron chi connectivity index (χ3n) is 5.73. The molecule has 0 aliphatic heterocycles. The molecule has 1 aliphatic carbocycles. The second kappa shape index (κ2) is 12.6. The number of H-pyrrole nitrogens is 1. The Labute approximate surface area is 211 Å². The number of aromatic nitrogens is 2. The molecule has 1 heterocycles. The van der Waals surface area contributed by atoms with Gasteiger partial charge in [-0.15, -0.1) is 0 Å². The summed E-state index contributed by atoms with van der Waals surface area (Å²) < 4.78 is 20.4. The van der Waals surface area contributed by atoms with Gasteiger partial charge < -0.3 is 21.7 Å². The van der Waals surface area contributed by atoms with Gasteiger partial charge in [-0.05, 0) is 59.9 Å². The van der Waals surface area contributed by atoms with Crippen LogP contribution in [0, 0.1) is 51.4 Å². The van der Waals surface area contributed by atoms with E-state index in [0.717, 1.165) is 37.1 Å². The number of nitrogens with zero attached hydrogens (tertiary/aromatic N) is 1. The summed E-state index contributed by atoms with van der Waals surface area (Å²) in [5, 5.41) is -0.0741. The van der Waals surface area contributed by atoms with Crippen molar-refractivity contribution < 1.29 is 39.9 Å². The van der Waals surface area contributed by atoms with Crippen molar-refractivity contribution in [1.82, 2.24) is 9.97 Å². The predicted octanol–water partition coefficient (Wildman–Crippen LogP) is 4.61. The number of hydrogen-bond acceptors (Lipinski definition) is 4. The largest absolute Gasteiger partial charge is 0.772 e. The average molecular weight is 662 g/mol. The van der Waals surface area contributed by atoms with Crippen molar-refractivity contribution in [2.75, 3.05) is 5.73 Å². The van der Waals surface area contributed by atoms with Gasteiger partial charge in [-0.1, -0.05) is 47.8 Å². The number of aromatic amines is 1. The zero-order chi connectivity index (χ0) is 21.5. The van der Waals surface area contributed by atoms with Crippen LogP contribution in [0.5, 0.6) is 0 Å². The summed E-state index contributed by atoms with van der Waals surface area (Å²) in [5.74, 6) is 0.269. The summed E-state index contributed by atoms with van der Waals surface area (Å²) in [7, 11) is 0. The van der Waals surface area contributed by atoms with Crippen LogP contribution in [-0.4, -0.2) is 24.0 Å². The predicted molar refractivity (Wildman–Crippen MR) is 122 cm³/mol. The number of nitrogen functional groups attached to an aromatic ring is 1. The molecule has 5 nitrogen and oxygen atoms in total. The van der Waals surface area contributed by atoms with Crippen LogP contribution >= 0.6 is 0 Å². The Hall–Kier alpha value is -1.39. The third kappa shape index (κ3) is 7.32. The molecule has 7 heteroatoms. The molecule has 0 spiro atoms. The van der Waals surface area contributed by atoms with Crippen LogP contribution in [0.1, 0.15) is 53.1 Å². The van der Waals surface area contributed by atoms with E-state index in [2.05, 4.69) is 54.1 Å². The van der Waals surface area contributed by atoms with Gasteiger partial charge in [0.15, 0.2) is 0 Å². The number of anilines is 1. The van der Waals surface area contributed by atoms with E-state index in [0.29, 0.717) is 0 Å². The van der Waals surface area contributed by atoms with E-state index < -0.39 is 11.1 Å². The molecule has 3 N–H and O–H groups in total. The Balaban J connectivity index is 0.000000322. The molecule has 0 amide bonds. The number of nitrogens with one attached hydrogen (secondary N) is 1. The standard InChI is InChI=1S/C19H21N3.C5H9O2S.U/c1-13-4-3-5-17(14(13)2)18(19-11-21-12-22-19)10-15-6-8-16(20)9-7-15;6-8(7)5-3-1-2-4-5;/h3-9,11-12,18H,10,20H2,1-2H3,(H,21,22);1,5H,2-4H2,(H,6,7);/q;-1;/p-1. The summed E-state index contributed by atoms with van der Waals surface area (Å²) in [4.78, 5) is 7.48. The van der Waals surface area contributed by atoms with Crippen molar-refractivity contribution in [3.05, 3.63) is 89.4 Å². The van der Waals surface area contributed by atoms with E-state index in [1.165, 1.54) is 22.3 Å². The summed E-state index contributed by atoms with van der Waals surface area (Å²) >= 11 is -1.82. The van der Waals surface area contributed by atoms with Gasteiger partial charge in [-0.2, -0.15) is 12.8 Å². The number of rotatable bonds is 5. The number of hydrogen-bond donors (Lipinski definition) is 2. The van der Waals surface area contributed by atoms with E-state index in [9.17, 15) is 8.76 Å². The molecule has 31 heavy (non-hydrogen) atoms. The Morgan fingerprint density at radius 3 is 2.55 bits per heavy atom. The van der Waals surface area contributed by atoms with Gasteiger partial charge in [-0.25, -0.2) is 4.98 Å². The van der Waals surface area contributed by atoms with E-state index in [-0.39, 0.29) is 42.3 Å². The Kier molecular flexibility index (Phi) is 10.5. The fraction of sp³-hybridized carbons (Fsp3) is 0.333. The molecule has 3 aromatic rings. The molecular weight excluding hydrogens is 632 g/mol. The summed E-state index contributed by atoms with van der Waals surface area (Å²) in [6, 6.07) is 14.6. The van der Waals surface area contributed by atoms with Gasteiger partial charge in [0.05, 0.1) is 6.33 Å². The normalized spacial score (nSPS) is 17.2. The molecule has 0 radical (unpaired) electrons. The fourth-order valence-electron chi connectivity index (χ4n) is 3.79.